The number of amides is 1. The van der Waals surface area contributed by atoms with Crippen molar-refractivity contribution in [1.29, 1.82) is 0 Å². The van der Waals surface area contributed by atoms with Crippen LogP contribution in [0, 0.1) is 6.92 Å². The summed E-state index contributed by atoms with van der Waals surface area (Å²) in [6.45, 7) is 2.43. The Labute approximate surface area is 140 Å². The summed E-state index contributed by atoms with van der Waals surface area (Å²) in [5.41, 5.74) is -0.852. The van der Waals surface area contributed by atoms with Crippen LogP contribution in [0.4, 0.5) is 13.2 Å². The predicted octanol–water partition coefficient (Wildman–Crippen LogP) is 1.84. The molecule has 0 aliphatic carbocycles. The molecule has 0 unspecified atom stereocenters. The van der Waals surface area contributed by atoms with Crippen molar-refractivity contribution in [3.63, 3.8) is 0 Å². The molecule has 1 aliphatic heterocycles. The van der Waals surface area contributed by atoms with Crippen molar-refractivity contribution in [3.05, 3.63) is 45.4 Å². The van der Waals surface area contributed by atoms with Gasteiger partial charge in [0.25, 0.3) is 11.5 Å². The Morgan fingerprint density at radius 1 is 1.28 bits per heavy atom. The SMILES string of the molecule is Cc1nc(C2CCN(C(=O)c3cc(C(F)(F)F)[nH]n3)CC2)cc(=O)[nH]1. The molecular formula is C15H16F3N5O2. The van der Waals surface area contributed by atoms with E-state index in [4.69, 9.17) is 0 Å². The predicted molar refractivity (Wildman–Crippen MR) is 81.1 cm³/mol. The van der Waals surface area contributed by atoms with Crippen molar-refractivity contribution in [2.75, 3.05) is 13.1 Å². The standard InChI is InChI=1S/C15H16F3N5O2/c1-8-19-10(7-13(24)20-8)9-2-4-23(5-3-9)14(25)11-6-12(22-21-11)15(16,17)18/h6-7,9H,2-5H2,1H3,(H,21,22)(H,19,20,24). The summed E-state index contributed by atoms with van der Waals surface area (Å²) in [5.74, 6) is 0.0208. The fourth-order valence-electron chi connectivity index (χ4n) is 2.93. The van der Waals surface area contributed by atoms with Gasteiger partial charge in [0.15, 0.2) is 5.69 Å². The van der Waals surface area contributed by atoms with Crippen molar-refractivity contribution in [1.82, 2.24) is 25.1 Å². The lowest BCUT2D eigenvalue weighted by Gasteiger charge is -2.31. The summed E-state index contributed by atoms with van der Waals surface area (Å²) < 4.78 is 37.7. The number of carbonyl (C=O) groups excluding carboxylic acids is 1. The van der Waals surface area contributed by atoms with Gasteiger partial charge in [-0.2, -0.15) is 18.3 Å². The number of aromatic amines is 2. The van der Waals surface area contributed by atoms with Gasteiger partial charge in [0, 0.05) is 31.1 Å². The van der Waals surface area contributed by atoms with E-state index >= 15 is 0 Å². The van der Waals surface area contributed by atoms with Crippen molar-refractivity contribution in [2.45, 2.75) is 31.9 Å². The van der Waals surface area contributed by atoms with Gasteiger partial charge in [-0.3, -0.25) is 14.7 Å². The van der Waals surface area contributed by atoms with Gasteiger partial charge in [-0.25, -0.2) is 4.98 Å². The van der Waals surface area contributed by atoms with Gasteiger partial charge in [0.2, 0.25) is 0 Å². The highest BCUT2D eigenvalue weighted by molar-refractivity contribution is 5.92. The number of nitrogens with zero attached hydrogens (tertiary/aromatic N) is 3. The first-order chi connectivity index (χ1) is 11.7. The summed E-state index contributed by atoms with van der Waals surface area (Å²) >= 11 is 0. The van der Waals surface area contributed by atoms with Crippen molar-refractivity contribution in [3.8, 4) is 0 Å². The molecule has 3 heterocycles. The van der Waals surface area contributed by atoms with E-state index in [1.54, 1.807) is 6.92 Å². The molecule has 134 valence electrons. The number of piperidine rings is 1. The molecule has 2 N–H and O–H groups in total. The first-order valence-corrected chi connectivity index (χ1v) is 7.74. The number of aryl methyl sites for hydroxylation is 1. The molecule has 0 spiro atoms. The van der Waals surface area contributed by atoms with Crippen LogP contribution < -0.4 is 5.56 Å². The zero-order valence-corrected chi connectivity index (χ0v) is 13.4. The molecule has 0 atom stereocenters. The van der Waals surface area contributed by atoms with Gasteiger partial charge in [0.1, 0.15) is 11.5 Å². The molecule has 10 heteroatoms. The van der Waals surface area contributed by atoms with Gasteiger partial charge in [-0.1, -0.05) is 0 Å². The summed E-state index contributed by atoms with van der Waals surface area (Å²) in [6, 6.07) is 2.16. The lowest BCUT2D eigenvalue weighted by Crippen LogP contribution is -2.38. The van der Waals surface area contributed by atoms with E-state index in [2.05, 4.69) is 15.1 Å². The molecule has 25 heavy (non-hydrogen) atoms. The van der Waals surface area contributed by atoms with E-state index in [1.807, 2.05) is 5.10 Å². The second-order valence-electron chi connectivity index (χ2n) is 5.99. The van der Waals surface area contributed by atoms with Crippen molar-refractivity contribution >= 4 is 5.91 Å². The average Bonchev–Trinajstić information content (AvgIpc) is 3.03. The molecule has 1 fully saturated rings. The molecule has 3 rings (SSSR count). The van der Waals surface area contributed by atoms with Gasteiger partial charge >= 0.3 is 6.18 Å². The molecule has 7 nitrogen and oxygen atoms in total. The third kappa shape index (κ3) is 3.72. The Morgan fingerprint density at radius 3 is 2.52 bits per heavy atom. The van der Waals surface area contributed by atoms with Crippen LogP contribution >= 0.6 is 0 Å². The van der Waals surface area contributed by atoms with E-state index in [0.29, 0.717) is 37.4 Å². The van der Waals surface area contributed by atoms with Crippen LogP contribution in [0.1, 0.15) is 46.5 Å². The number of alkyl halides is 3. The van der Waals surface area contributed by atoms with Crippen LogP contribution in [0.5, 0.6) is 0 Å². The van der Waals surface area contributed by atoms with E-state index in [-0.39, 0.29) is 17.2 Å². The topological polar surface area (TPSA) is 94.7 Å². The first kappa shape index (κ1) is 17.2. The fraction of sp³-hybridized carbons (Fsp3) is 0.467. The van der Waals surface area contributed by atoms with Gasteiger partial charge in [-0.05, 0) is 19.8 Å². The van der Waals surface area contributed by atoms with E-state index in [1.165, 1.54) is 11.0 Å². The maximum Gasteiger partial charge on any atom is 0.432 e. The zero-order valence-electron chi connectivity index (χ0n) is 13.4. The minimum Gasteiger partial charge on any atom is -0.337 e. The molecule has 1 aliphatic rings. The Kier molecular flexibility index (Phi) is 4.36. The smallest absolute Gasteiger partial charge is 0.337 e. The van der Waals surface area contributed by atoms with Crippen molar-refractivity contribution < 1.29 is 18.0 Å². The van der Waals surface area contributed by atoms with Crippen LogP contribution in [0.25, 0.3) is 0 Å². The molecule has 0 bridgehead atoms. The number of H-pyrrole nitrogens is 2. The number of halogens is 3. The first-order valence-electron chi connectivity index (χ1n) is 7.74. The number of carbonyl (C=O) groups is 1. The third-order valence-corrected chi connectivity index (χ3v) is 4.18. The lowest BCUT2D eigenvalue weighted by molar-refractivity contribution is -0.141. The Bertz CT molecular complexity index is 834. The Hall–Kier alpha value is -2.65. The van der Waals surface area contributed by atoms with E-state index < -0.39 is 17.8 Å². The zero-order chi connectivity index (χ0) is 18.2. The number of hydrogen-bond donors (Lipinski definition) is 2. The second kappa shape index (κ2) is 6.34. The number of rotatable bonds is 2. The van der Waals surface area contributed by atoms with Crippen LogP contribution in [0.3, 0.4) is 0 Å². The number of likely N-dealkylation sites (tertiary alicyclic amines) is 1. The van der Waals surface area contributed by atoms with Gasteiger partial charge in [0.05, 0.1) is 5.69 Å². The van der Waals surface area contributed by atoms with Gasteiger partial charge in [-0.15, -0.1) is 0 Å². The maximum absolute atomic E-state index is 12.6. The molecule has 2 aromatic heterocycles. The van der Waals surface area contributed by atoms with Crippen LogP contribution in [0.2, 0.25) is 0 Å². The lowest BCUT2D eigenvalue weighted by atomic mass is 9.93. The highest BCUT2D eigenvalue weighted by atomic mass is 19.4. The minimum absolute atomic E-state index is 0.0370. The largest absolute Gasteiger partial charge is 0.432 e. The highest BCUT2D eigenvalue weighted by Gasteiger charge is 2.35. The molecular weight excluding hydrogens is 339 g/mol. The molecule has 2 aromatic rings. The molecule has 1 amide bonds. The monoisotopic (exact) mass is 355 g/mol. The number of aromatic nitrogens is 4. The van der Waals surface area contributed by atoms with Crippen LogP contribution in [-0.2, 0) is 6.18 Å². The summed E-state index contributed by atoms with van der Waals surface area (Å²) in [4.78, 5) is 32.2. The quantitative estimate of drug-likeness (QED) is 0.859. The summed E-state index contributed by atoms with van der Waals surface area (Å²) in [5, 5.41) is 5.31. The second-order valence-corrected chi connectivity index (χ2v) is 5.99. The van der Waals surface area contributed by atoms with Crippen LogP contribution in [-0.4, -0.2) is 44.1 Å². The summed E-state index contributed by atoms with van der Waals surface area (Å²) in [6.07, 6.45) is -3.40. The van der Waals surface area contributed by atoms with E-state index in [0.717, 1.165) is 6.07 Å². The average molecular weight is 355 g/mol. The Morgan fingerprint density at radius 2 is 1.96 bits per heavy atom. The highest BCUT2D eigenvalue weighted by Crippen LogP contribution is 2.29. The number of hydrogen-bond acceptors (Lipinski definition) is 4. The van der Waals surface area contributed by atoms with E-state index in [9.17, 15) is 22.8 Å². The summed E-state index contributed by atoms with van der Waals surface area (Å²) in [7, 11) is 0. The fourth-order valence-corrected chi connectivity index (χ4v) is 2.93. The molecule has 1 saturated heterocycles. The minimum atomic E-state index is -4.57. The number of nitrogens with one attached hydrogen (secondary N) is 2. The molecule has 0 radical (unpaired) electrons. The van der Waals surface area contributed by atoms with Crippen molar-refractivity contribution in [2.24, 2.45) is 0 Å². The molecule has 0 aromatic carbocycles. The Balaban J connectivity index is 1.66. The third-order valence-electron chi connectivity index (χ3n) is 4.18. The molecule has 0 saturated carbocycles. The maximum atomic E-state index is 12.6. The van der Waals surface area contributed by atoms with Gasteiger partial charge < -0.3 is 9.88 Å². The van der Waals surface area contributed by atoms with Crippen LogP contribution in [0.15, 0.2) is 16.9 Å². The normalized spacial score (nSPS) is 16.2.